The third kappa shape index (κ3) is 9.85. The van der Waals surface area contributed by atoms with Crippen LogP contribution in [0.3, 0.4) is 0 Å². The molecule has 4 nitrogen and oxygen atoms in total. The molecule has 3 rings (SSSR count). The summed E-state index contributed by atoms with van der Waals surface area (Å²) >= 11 is 1.83. The van der Waals surface area contributed by atoms with E-state index in [2.05, 4.69) is 129 Å². The van der Waals surface area contributed by atoms with Crippen LogP contribution in [0.25, 0.3) is 0 Å². The Morgan fingerprint density at radius 1 is 0.818 bits per heavy atom. The predicted molar refractivity (Wildman–Crippen MR) is 188 cm³/mol. The van der Waals surface area contributed by atoms with Crippen LogP contribution in [-0.2, 0) is 14.3 Å². The highest BCUT2D eigenvalue weighted by molar-refractivity contribution is 8.00. The zero-order valence-electron chi connectivity index (χ0n) is 27.3. The van der Waals surface area contributed by atoms with Gasteiger partial charge in [-0.05, 0) is 53.7 Å². The lowest BCUT2D eigenvalue weighted by molar-refractivity contribution is -0.124. The molecule has 0 aromatic heterocycles. The van der Waals surface area contributed by atoms with Crippen molar-refractivity contribution in [1.82, 2.24) is 10.6 Å². The van der Waals surface area contributed by atoms with Crippen molar-refractivity contribution >= 4 is 23.6 Å². The molecular weight excluding hydrogens is 561 g/mol. The molecule has 5 atom stereocenters. The highest BCUT2D eigenvalue weighted by atomic mass is 32.2. The van der Waals surface area contributed by atoms with E-state index in [0.717, 1.165) is 19.3 Å². The fourth-order valence-corrected chi connectivity index (χ4v) is 7.25. The summed E-state index contributed by atoms with van der Waals surface area (Å²) in [6, 6.07) is 31.7. The Labute approximate surface area is 270 Å². The molecule has 0 radical (unpaired) electrons. The van der Waals surface area contributed by atoms with Crippen LogP contribution >= 0.6 is 11.8 Å². The van der Waals surface area contributed by atoms with Gasteiger partial charge in [0.15, 0.2) is 0 Å². The number of nitrogens with one attached hydrogen (secondary N) is 2. The van der Waals surface area contributed by atoms with Crippen molar-refractivity contribution in [2.24, 2.45) is 23.7 Å². The molecule has 0 unspecified atom stereocenters. The summed E-state index contributed by atoms with van der Waals surface area (Å²) in [5.41, 5.74) is 3.60. The molecule has 0 saturated carbocycles. The van der Waals surface area contributed by atoms with E-state index in [0.29, 0.717) is 30.6 Å². The molecule has 0 spiro atoms. The highest BCUT2D eigenvalue weighted by Crippen LogP contribution is 2.48. The van der Waals surface area contributed by atoms with Gasteiger partial charge in [-0.3, -0.25) is 9.59 Å². The van der Waals surface area contributed by atoms with E-state index < -0.39 is 4.75 Å². The SMILES string of the molecule is C=C[C@H](CSC(c1ccccc1)(c1ccccc1)c1ccccc1)NC(=O)C[C@@H](C)[C@@H](C)C[C@H](C)CCNC(=O)[C@H](C)CC. The maximum absolute atomic E-state index is 13.3. The molecule has 44 heavy (non-hydrogen) atoms. The number of carbonyl (C=O) groups is 2. The van der Waals surface area contributed by atoms with Crippen LogP contribution in [0.15, 0.2) is 104 Å². The fraction of sp³-hybridized carbons (Fsp3) is 0.436. The van der Waals surface area contributed by atoms with Crippen molar-refractivity contribution in [3.8, 4) is 0 Å². The molecule has 0 aliphatic rings. The van der Waals surface area contributed by atoms with Crippen LogP contribution in [-0.4, -0.2) is 30.2 Å². The van der Waals surface area contributed by atoms with E-state index in [1.807, 2.05) is 31.7 Å². The van der Waals surface area contributed by atoms with Gasteiger partial charge in [0, 0.05) is 24.6 Å². The Morgan fingerprint density at radius 2 is 1.32 bits per heavy atom. The van der Waals surface area contributed by atoms with Crippen molar-refractivity contribution in [3.05, 3.63) is 120 Å². The van der Waals surface area contributed by atoms with Crippen LogP contribution < -0.4 is 10.6 Å². The minimum Gasteiger partial charge on any atom is -0.356 e. The molecule has 0 aliphatic heterocycles. The summed E-state index contributed by atoms with van der Waals surface area (Å²) in [7, 11) is 0. The summed E-state index contributed by atoms with van der Waals surface area (Å²) in [5.74, 6) is 2.08. The molecule has 2 N–H and O–H groups in total. The molecule has 0 heterocycles. The van der Waals surface area contributed by atoms with Crippen molar-refractivity contribution < 1.29 is 9.59 Å². The third-order valence-electron chi connectivity index (χ3n) is 8.90. The van der Waals surface area contributed by atoms with Gasteiger partial charge in [-0.15, -0.1) is 18.3 Å². The molecule has 236 valence electrons. The van der Waals surface area contributed by atoms with E-state index in [1.165, 1.54) is 16.7 Å². The first-order valence-corrected chi connectivity index (χ1v) is 17.2. The highest BCUT2D eigenvalue weighted by Gasteiger charge is 2.37. The van der Waals surface area contributed by atoms with Crippen LogP contribution in [0.5, 0.6) is 0 Å². The second-order valence-electron chi connectivity index (χ2n) is 12.4. The van der Waals surface area contributed by atoms with Gasteiger partial charge in [0.2, 0.25) is 11.8 Å². The van der Waals surface area contributed by atoms with E-state index in [1.54, 1.807) is 0 Å². The summed E-state index contributed by atoms with van der Waals surface area (Å²) in [5, 5.41) is 6.34. The van der Waals surface area contributed by atoms with Gasteiger partial charge >= 0.3 is 0 Å². The van der Waals surface area contributed by atoms with Gasteiger partial charge in [0.05, 0.1) is 10.8 Å². The van der Waals surface area contributed by atoms with Crippen LogP contribution in [0.1, 0.15) is 77.0 Å². The molecule has 3 aromatic rings. The number of rotatable bonds is 18. The number of hydrogen-bond donors (Lipinski definition) is 2. The molecule has 2 amide bonds. The first-order chi connectivity index (χ1) is 21.2. The van der Waals surface area contributed by atoms with Crippen molar-refractivity contribution in [1.29, 1.82) is 0 Å². The lowest BCUT2D eigenvalue weighted by Gasteiger charge is -2.36. The number of hydrogen-bond acceptors (Lipinski definition) is 3. The smallest absolute Gasteiger partial charge is 0.222 e. The second-order valence-corrected chi connectivity index (χ2v) is 13.6. The lowest BCUT2D eigenvalue weighted by Crippen LogP contribution is -2.38. The predicted octanol–water partition coefficient (Wildman–Crippen LogP) is 8.62. The van der Waals surface area contributed by atoms with Crippen LogP contribution in [0.2, 0.25) is 0 Å². The Kier molecular flexibility index (Phi) is 14.3. The maximum Gasteiger partial charge on any atom is 0.222 e. The largest absolute Gasteiger partial charge is 0.356 e. The zero-order chi connectivity index (χ0) is 32.0. The normalized spacial score (nSPS) is 14.9. The number of thioether (sulfide) groups is 1. The quantitative estimate of drug-likeness (QED) is 0.112. The Hall–Kier alpha value is -3.31. The molecule has 0 aliphatic carbocycles. The van der Waals surface area contributed by atoms with Crippen molar-refractivity contribution in [2.45, 2.75) is 71.1 Å². The summed E-state index contributed by atoms with van der Waals surface area (Å²) in [4.78, 5) is 25.3. The average Bonchev–Trinajstić information content (AvgIpc) is 3.05. The van der Waals surface area contributed by atoms with Crippen LogP contribution in [0.4, 0.5) is 0 Å². The summed E-state index contributed by atoms with van der Waals surface area (Å²) in [6.07, 6.45) is 5.18. The molecular formula is C39H52N2O2S. The number of carbonyl (C=O) groups excluding carboxylic acids is 2. The summed E-state index contributed by atoms with van der Waals surface area (Å²) < 4.78 is -0.443. The molecule has 5 heteroatoms. The molecule has 0 saturated heterocycles. The first-order valence-electron chi connectivity index (χ1n) is 16.2. The minimum absolute atomic E-state index is 0.0620. The molecule has 0 fully saturated rings. The lowest BCUT2D eigenvalue weighted by atomic mass is 9.84. The zero-order valence-corrected chi connectivity index (χ0v) is 28.1. The fourth-order valence-electron chi connectivity index (χ4n) is 5.70. The van der Waals surface area contributed by atoms with E-state index >= 15 is 0 Å². The van der Waals surface area contributed by atoms with E-state index in [-0.39, 0.29) is 29.7 Å². The van der Waals surface area contributed by atoms with Crippen molar-refractivity contribution in [3.63, 3.8) is 0 Å². The molecule has 0 bridgehead atoms. The molecule has 3 aromatic carbocycles. The Balaban J connectivity index is 1.64. The van der Waals surface area contributed by atoms with E-state index in [9.17, 15) is 9.59 Å². The number of benzene rings is 3. The topological polar surface area (TPSA) is 58.2 Å². The van der Waals surface area contributed by atoms with Gasteiger partial charge < -0.3 is 10.6 Å². The van der Waals surface area contributed by atoms with E-state index in [4.69, 9.17) is 0 Å². The van der Waals surface area contributed by atoms with Gasteiger partial charge in [-0.1, -0.05) is 132 Å². The Bertz CT molecular complexity index is 1180. The summed E-state index contributed by atoms with van der Waals surface area (Å²) in [6.45, 7) is 15.4. The third-order valence-corrected chi connectivity index (χ3v) is 10.6. The monoisotopic (exact) mass is 612 g/mol. The van der Waals surface area contributed by atoms with Crippen molar-refractivity contribution in [2.75, 3.05) is 12.3 Å². The second kappa shape index (κ2) is 17.9. The standard InChI is InChI=1S/C39H52N2O2S/c1-7-30(4)38(43)40-25-24-29(3)26-31(5)32(6)27-37(42)41-36(8-2)28-44-39(33-18-12-9-13-19-33,34-20-14-10-15-21-34)35-22-16-11-17-23-35/h8-23,29-32,36H,2,7,24-28H2,1,3-6H3,(H,40,43)(H,41,42)/t29-,30-,31+,32-,36-/m1/s1. The van der Waals surface area contributed by atoms with Crippen LogP contribution in [0, 0.1) is 23.7 Å². The Morgan fingerprint density at radius 3 is 1.77 bits per heavy atom. The first kappa shape index (κ1) is 35.2. The maximum atomic E-state index is 13.3. The van der Waals surface area contributed by atoms with Gasteiger partial charge in [0.25, 0.3) is 0 Å². The van der Waals surface area contributed by atoms with Gasteiger partial charge in [-0.25, -0.2) is 0 Å². The average molecular weight is 613 g/mol. The van der Waals surface area contributed by atoms with Gasteiger partial charge in [-0.2, -0.15) is 0 Å². The minimum atomic E-state index is -0.443. The van der Waals surface area contributed by atoms with Gasteiger partial charge in [0.1, 0.15) is 0 Å². The number of amides is 2.